The number of methoxy groups -OCH3 is 1. The van der Waals surface area contributed by atoms with E-state index in [1.54, 1.807) is 24.3 Å². The summed E-state index contributed by atoms with van der Waals surface area (Å²) in [6.45, 7) is 5.70. The van der Waals surface area contributed by atoms with E-state index in [9.17, 15) is 18.5 Å². The van der Waals surface area contributed by atoms with Gasteiger partial charge in [0.15, 0.2) is 10.8 Å². The first-order valence-corrected chi connectivity index (χ1v) is 13.5. The van der Waals surface area contributed by atoms with Crippen molar-refractivity contribution in [1.29, 1.82) is 5.26 Å². The first-order chi connectivity index (χ1) is 18.5. The van der Waals surface area contributed by atoms with Crippen LogP contribution in [-0.2, 0) is 9.84 Å². The zero-order valence-electron chi connectivity index (χ0n) is 21.8. The lowest BCUT2D eigenvalue weighted by Gasteiger charge is -2.16. The quantitative estimate of drug-likeness (QED) is 0.305. The predicted molar refractivity (Wildman–Crippen MR) is 147 cm³/mol. The SMILES string of the molecule is COc1ccc(C#N)cc1-c1ccc(C(=O)CS(=O)(=O)c2cccc(N)n2)c(Oc2c(C)cc(C)cc2C)n1. The molecule has 9 nitrogen and oxygen atoms in total. The molecule has 4 rings (SSSR count). The van der Waals surface area contributed by atoms with E-state index >= 15 is 0 Å². The Labute approximate surface area is 226 Å². The Morgan fingerprint density at radius 1 is 1.00 bits per heavy atom. The molecule has 2 aromatic heterocycles. The van der Waals surface area contributed by atoms with Crippen LogP contribution in [0.3, 0.4) is 0 Å². The number of hydrogen-bond acceptors (Lipinski definition) is 9. The lowest BCUT2D eigenvalue weighted by Crippen LogP contribution is -2.19. The molecule has 0 amide bonds. The summed E-state index contributed by atoms with van der Waals surface area (Å²) in [6.07, 6.45) is 0. The average Bonchev–Trinajstić information content (AvgIpc) is 2.90. The van der Waals surface area contributed by atoms with E-state index in [2.05, 4.69) is 16.0 Å². The molecule has 0 saturated carbocycles. The summed E-state index contributed by atoms with van der Waals surface area (Å²) in [5.74, 6) is -0.680. The Balaban J connectivity index is 1.83. The maximum Gasteiger partial charge on any atom is 0.230 e. The van der Waals surface area contributed by atoms with Crippen molar-refractivity contribution < 1.29 is 22.7 Å². The van der Waals surface area contributed by atoms with E-state index in [-0.39, 0.29) is 22.3 Å². The largest absolute Gasteiger partial charge is 0.496 e. The molecule has 0 bridgehead atoms. The Morgan fingerprint density at radius 2 is 1.72 bits per heavy atom. The molecule has 2 N–H and O–H groups in total. The van der Waals surface area contributed by atoms with E-state index in [0.29, 0.717) is 28.3 Å². The number of nitrogen functional groups attached to an aromatic ring is 1. The van der Waals surface area contributed by atoms with Gasteiger partial charge in [-0.3, -0.25) is 4.79 Å². The van der Waals surface area contributed by atoms with Gasteiger partial charge in [-0.2, -0.15) is 5.26 Å². The summed E-state index contributed by atoms with van der Waals surface area (Å²) in [6, 6.07) is 18.0. The number of Topliss-reactive ketones (excluding diaryl/α,β-unsaturated/α-hetero) is 1. The molecule has 0 unspecified atom stereocenters. The van der Waals surface area contributed by atoms with Crippen molar-refractivity contribution in [3.05, 3.63) is 88.5 Å². The smallest absolute Gasteiger partial charge is 0.230 e. The fraction of sp³-hybridized carbons (Fsp3) is 0.172. The van der Waals surface area contributed by atoms with Gasteiger partial charge in [0.25, 0.3) is 0 Å². The number of nitrogens with zero attached hydrogens (tertiary/aromatic N) is 3. The molecule has 0 saturated heterocycles. The van der Waals surface area contributed by atoms with Crippen LogP contribution in [0.4, 0.5) is 5.82 Å². The summed E-state index contributed by atoms with van der Waals surface area (Å²) in [4.78, 5) is 21.9. The number of ether oxygens (including phenoxy) is 2. The third kappa shape index (κ3) is 5.89. The van der Waals surface area contributed by atoms with Crippen molar-refractivity contribution in [1.82, 2.24) is 9.97 Å². The second-order valence-electron chi connectivity index (χ2n) is 8.99. The van der Waals surface area contributed by atoms with Gasteiger partial charge in [-0.05, 0) is 74.4 Å². The van der Waals surface area contributed by atoms with Gasteiger partial charge in [-0.1, -0.05) is 23.8 Å². The first-order valence-electron chi connectivity index (χ1n) is 11.9. The fourth-order valence-corrected chi connectivity index (χ4v) is 5.39. The highest BCUT2D eigenvalue weighted by atomic mass is 32.2. The van der Waals surface area contributed by atoms with Crippen LogP contribution in [-0.4, -0.2) is 37.0 Å². The number of nitriles is 1. The van der Waals surface area contributed by atoms with Crippen molar-refractivity contribution >= 4 is 21.4 Å². The molecule has 0 aliphatic carbocycles. The number of nitrogens with two attached hydrogens (primary N) is 1. The van der Waals surface area contributed by atoms with Crippen molar-refractivity contribution in [3.63, 3.8) is 0 Å². The second-order valence-corrected chi connectivity index (χ2v) is 10.9. The van der Waals surface area contributed by atoms with Crippen molar-refractivity contribution in [2.75, 3.05) is 18.6 Å². The van der Waals surface area contributed by atoms with Gasteiger partial charge in [0, 0.05) is 5.56 Å². The minimum atomic E-state index is -4.10. The normalized spacial score (nSPS) is 11.1. The molecule has 0 radical (unpaired) electrons. The molecule has 39 heavy (non-hydrogen) atoms. The van der Waals surface area contributed by atoms with Gasteiger partial charge in [0.05, 0.1) is 30.0 Å². The van der Waals surface area contributed by atoms with Crippen LogP contribution in [0.5, 0.6) is 17.4 Å². The molecule has 0 atom stereocenters. The van der Waals surface area contributed by atoms with Crippen molar-refractivity contribution in [2.45, 2.75) is 25.8 Å². The minimum absolute atomic E-state index is 0.0254. The van der Waals surface area contributed by atoms with E-state index < -0.39 is 21.4 Å². The van der Waals surface area contributed by atoms with E-state index in [1.807, 2.05) is 32.9 Å². The predicted octanol–water partition coefficient (Wildman–Crippen LogP) is 4.98. The number of carbonyl (C=O) groups excluding carboxylic acids is 1. The second kappa shape index (κ2) is 10.9. The molecule has 2 aromatic carbocycles. The molecule has 0 aliphatic heterocycles. The molecule has 0 fully saturated rings. The summed E-state index contributed by atoms with van der Waals surface area (Å²) in [7, 11) is -2.61. The number of aromatic nitrogens is 2. The molecule has 4 aromatic rings. The number of sulfone groups is 1. The lowest BCUT2D eigenvalue weighted by atomic mass is 10.0. The van der Waals surface area contributed by atoms with Crippen molar-refractivity contribution in [3.8, 4) is 34.7 Å². The summed E-state index contributed by atoms with van der Waals surface area (Å²) in [5.41, 5.74) is 9.56. The highest BCUT2D eigenvalue weighted by Crippen LogP contribution is 2.35. The molecule has 0 spiro atoms. The topological polar surface area (TPSA) is 145 Å². The number of rotatable bonds is 8. The van der Waals surface area contributed by atoms with Crippen LogP contribution in [0, 0.1) is 32.1 Å². The minimum Gasteiger partial charge on any atom is -0.496 e. The van der Waals surface area contributed by atoms with Crippen LogP contribution in [0.15, 0.2) is 65.7 Å². The molecule has 198 valence electrons. The van der Waals surface area contributed by atoms with E-state index in [1.165, 1.54) is 31.4 Å². The molecule has 2 heterocycles. The maximum absolute atomic E-state index is 13.4. The Hall–Kier alpha value is -4.75. The third-order valence-electron chi connectivity index (χ3n) is 5.95. The van der Waals surface area contributed by atoms with E-state index in [4.69, 9.17) is 15.2 Å². The monoisotopic (exact) mass is 542 g/mol. The van der Waals surface area contributed by atoms with Gasteiger partial charge in [0.1, 0.15) is 23.1 Å². The number of benzene rings is 2. The zero-order valence-corrected chi connectivity index (χ0v) is 22.7. The zero-order chi connectivity index (χ0) is 28.3. The van der Waals surface area contributed by atoms with Crippen LogP contribution in [0.2, 0.25) is 0 Å². The van der Waals surface area contributed by atoms with Gasteiger partial charge in [-0.25, -0.2) is 18.4 Å². The first kappa shape index (κ1) is 27.3. The summed E-state index contributed by atoms with van der Waals surface area (Å²) >= 11 is 0. The molecule has 0 aliphatic rings. The molecular weight excluding hydrogens is 516 g/mol. The van der Waals surface area contributed by atoms with Gasteiger partial charge < -0.3 is 15.2 Å². The summed E-state index contributed by atoms with van der Waals surface area (Å²) in [5, 5.41) is 9.09. The van der Waals surface area contributed by atoms with Crippen LogP contribution < -0.4 is 15.2 Å². The lowest BCUT2D eigenvalue weighted by molar-refractivity contribution is 0.101. The van der Waals surface area contributed by atoms with Crippen LogP contribution in [0.25, 0.3) is 11.3 Å². The highest BCUT2D eigenvalue weighted by Gasteiger charge is 2.26. The number of pyridine rings is 2. The van der Waals surface area contributed by atoms with Gasteiger partial charge in [-0.15, -0.1) is 0 Å². The number of carbonyl (C=O) groups is 1. The highest BCUT2D eigenvalue weighted by molar-refractivity contribution is 7.92. The molecule has 10 heteroatoms. The van der Waals surface area contributed by atoms with Gasteiger partial charge >= 0.3 is 0 Å². The number of hydrogen-bond donors (Lipinski definition) is 1. The number of aryl methyl sites for hydroxylation is 3. The van der Waals surface area contributed by atoms with Gasteiger partial charge in [0.2, 0.25) is 15.7 Å². The Morgan fingerprint density at radius 3 is 2.36 bits per heavy atom. The van der Waals surface area contributed by atoms with E-state index in [0.717, 1.165) is 16.7 Å². The van der Waals surface area contributed by atoms with Crippen molar-refractivity contribution in [2.24, 2.45) is 0 Å². The third-order valence-corrected chi connectivity index (χ3v) is 7.46. The summed E-state index contributed by atoms with van der Waals surface area (Å²) < 4.78 is 37.6. The molecular formula is C29H26N4O5S. The Kier molecular flexibility index (Phi) is 7.65. The van der Waals surface area contributed by atoms with Crippen LogP contribution in [0.1, 0.15) is 32.6 Å². The fourth-order valence-electron chi connectivity index (χ4n) is 4.21. The number of ketones is 1. The maximum atomic E-state index is 13.4. The standard InChI is InChI=1S/C29H26N4O5S/c1-17-12-18(2)28(19(3)13-17)38-29-21(24(34)16-39(35,36)27-7-5-6-26(31)33-27)9-10-23(32-29)22-14-20(15-30)8-11-25(22)37-4/h5-14H,16H2,1-4H3,(H2,31,33). The van der Waals surface area contributed by atoms with Crippen LogP contribution >= 0.6 is 0 Å². The average molecular weight is 543 g/mol. The number of anilines is 1. The Bertz CT molecular complexity index is 1720.